The lowest BCUT2D eigenvalue weighted by Crippen LogP contribution is -2.42. The normalized spacial score (nSPS) is 11.8. The minimum Gasteiger partial charge on any atom is -0.480 e. The van der Waals surface area contributed by atoms with E-state index in [4.69, 9.17) is 4.74 Å². The Bertz CT molecular complexity index is 840. The number of nitrogens with one attached hydrogen (secondary N) is 2. The maximum absolute atomic E-state index is 11.9. The third-order valence-electron chi connectivity index (χ3n) is 3.81. The fourth-order valence-electron chi connectivity index (χ4n) is 2.57. The van der Waals surface area contributed by atoms with Gasteiger partial charge in [0.05, 0.1) is 0 Å². The first-order valence-corrected chi connectivity index (χ1v) is 7.88. The number of H-pyrrole nitrogens is 1. The van der Waals surface area contributed by atoms with Crippen LogP contribution in [0.15, 0.2) is 60.7 Å². The predicted octanol–water partition coefficient (Wildman–Crippen LogP) is 3.09. The number of alkyl carbamates (subject to hydrolysis) is 1. The van der Waals surface area contributed by atoms with Gasteiger partial charge in [0, 0.05) is 17.6 Å². The number of aromatic amines is 1. The van der Waals surface area contributed by atoms with Crippen molar-refractivity contribution in [3.8, 4) is 0 Å². The Kier molecular flexibility index (Phi) is 4.99. The SMILES string of the molecule is O=C(N[C@H](Cc1cc2ccccc2[nH]1)C(=O)O)OCc1ccccc1. The van der Waals surface area contributed by atoms with Crippen molar-refractivity contribution >= 4 is 23.0 Å². The van der Waals surface area contributed by atoms with Crippen molar-refractivity contribution in [1.82, 2.24) is 10.3 Å². The third kappa shape index (κ3) is 4.38. The lowest BCUT2D eigenvalue weighted by Gasteiger charge is -2.14. The van der Waals surface area contributed by atoms with Crippen molar-refractivity contribution in [2.75, 3.05) is 0 Å². The summed E-state index contributed by atoms with van der Waals surface area (Å²) in [6, 6.07) is 17.7. The number of hydrogen-bond donors (Lipinski definition) is 3. The van der Waals surface area contributed by atoms with E-state index in [1.54, 1.807) is 0 Å². The van der Waals surface area contributed by atoms with E-state index in [1.165, 1.54) is 0 Å². The molecule has 2 aromatic carbocycles. The van der Waals surface area contributed by atoms with E-state index in [9.17, 15) is 14.7 Å². The summed E-state index contributed by atoms with van der Waals surface area (Å²) in [5, 5.41) is 12.8. The maximum atomic E-state index is 11.9. The lowest BCUT2D eigenvalue weighted by molar-refractivity contribution is -0.139. The lowest BCUT2D eigenvalue weighted by atomic mass is 10.1. The topological polar surface area (TPSA) is 91.4 Å². The second-order valence-electron chi connectivity index (χ2n) is 5.68. The van der Waals surface area contributed by atoms with Gasteiger partial charge in [0.25, 0.3) is 0 Å². The summed E-state index contributed by atoms with van der Waals surface area (Å²) in [5.74, 6) is -1.12. The summed E-state index contributed by atoms with van der Waals surface area (Å²) in [5.41, 5.74) is 2.49. The Morgan fingerprint density at radius 3 is 2.52 bits per heavy atom. The van der Waals surface area contributed by atoms with Gasteiger partial charge in [0.15, 0.2) is 0 Å². The van der Waals surface area contributed by atoms with E-state index in [1.807, 2.05) is 60.7 Å². The summed E-state index contributed by atoms with van der Waals surface area (Å²) in [6.45, 7) is 0.0887. The van der Waals surface area contributed by atoms with Crippen LogP contribution in [-0.2, 0) is 22.6 Å². The smallest absolute Gasteiger partial charge is 0.408 e. The molecule has 0 aliphatic heterocycles. The highest BCUT2D eigenvalue weighted by atomic mass is 16.5. The van der Waals surface area contributed by atoms with Gasteiger partial charge in [-0.2, -0.15) is 0 Å². The molecule has 0 unspecified atom stereocenters. The molecule has 0 radical (unpaired) electrons. The van der Waals surface area contributed by atoms with E-state index in [2.05, 4.69) is 10.3 Å². The van der Waals surface area contributed by atoms with E-state index in [-0.39, 0.29) is 13.0 Å². The van der Waals surface area contributed by atoms with Crippen molar-refractivity contribution in [2.24, 2.45) is 0 Å². The summed E-state index contributed by atoms with van der Waals surface area (Å²) in [4.78, 5) is 26.5. The van der Waals surface area contributed by atoms with E-state index < -0.39 is 18.1 Å². The zero-order valence-corrected chi connectivity index (χ0v) is 13.4. The van der Waals surface area contributed by atoms with Crippen molar-refractivity contribution in [3.05, 3.63) is 71.9 Å². The molecule has 6 heteroatoms. The molecule has 0 saturated carbocycles. The fraction of sp³-hybridized carbons (Fsp3) is 0.158. The molecule has 0 aliphatic carbocycles. The van der Waals surface area contributed by atoms with Gasteiger partial charge in [-0.25, -0.2) is 9.59 Å². The highest BCUT2D eigenvalue weighted by Crippen LogP contribution is 2.16. The third-order valence-corrected chi connectivity index (χ3v) is 3.81. The second kappa shape index (κ2) is 7.53. The summed E-state index contributed by atoms with van der Waals surface area (Å²) in [7, 11) is 0. The average Bonchev–Trinajstić information content (AvgIpc) is 3.02. The number of fused-ring (bicyclic) bond motifs is 1. The zero-order valence-electron chi connectivity index (χ0n) is 13.4. The predicted molar refractivity (Wildman–Crippen MR) is 93.2 cm³/mol. The first-order valence-electron chi connectivity index (χ1n) is 7.88. The van der Waals surface area contributed by atoms with E-state index in [0.29, 0.717) is 0 Å². The number of benzene rings is 2. The summed E-state index contributed by atoms with van der Waals surface area (Å²) in [6.07, 6.45) is -0.614. The molecule has 6 nitrogen and oxygen atoms in total. The van der Waals surface area contributed by atoms with E-state index in [0.717, 1.165) is 22.2 Å². The highest BCUT2D eigenvalue weighted by Gasteiger charge is 2.22. The first-order chi connectivity index (χ1) is 12.1. The Morgan fingerprint density at radius 1 is 1.08 bits per heavy atom. The molecule has 3 rings (SSSR count). The van der Waals surface area contributed by atoms with Crippen LogP contribution in [0.5, 0.6) is 0 Å². The molecule has 1 heterocycles. The number of aliphatic carboxylic acids is 1. The molecular weight excluding hydrogens is 320 g/mol. The van der Waals surface area contributed by atoms with Crippen LogP contribution in [0, 0.1) is 0 Å². The maximum Gasteiger partial charge on any atom is 0.408 e. The van der Waals surface area contributed by atoms with Gasteiger partial charge in [-0.15, -0.1) is 0 Å². The Hall–Kier alpha value is -3.28. The number of carbonyl (C=O) groups excluding carboxylic acids is 1. The molecule has 25 heavy (non-hydrogen) atoms. The van der Waals surface area contributed by atoms with Gasteiger partial charge in [-0.05, 0) is 23.1 Å². The van der Waals surface area contributed by atoms with Gasteiger partial charge in [0.2, 0.25) is 0 Å². The van der Waals surface area contributed by atoms with Crippen LogP contribution < -0.4 is 5.32 Å². The minimum absolute atomic E-state index is 0.0887. The van der Waals surface area contributed by atoms with Gasteiger partial charge in [0.1, 0.15) is 12.6 Å². The van der Waals surface area contributed by atoms with Gasteiger partial charge in [-0.1, -0.05) is 48.5 Å². The summed E-state index contributed by atoms with van der Waals surface area (Å²) < 4.78 is 5.08. The van der Waals surface area contributed by atoms with Crippen LogP contribution in [0.1, 0.15) is 11.3 Å². The molecule has 1 aromatic heterocycles. The van der Waals surface area contributed by atoms with Gasteiger partial charge in [-0.3, -0.25) is 0 Å². The molecule has 0 bridgehead atoms. The van der Waals surface area contributed by atoms with Gasteiger partial charge < -0.3 is 20.1 Å². The Morgan fingerprint density at radius 2 is 1.80 bits per heavy atom. The van der Waals surface area contributed by atoms with Crippen LogP contribution in [0.25, 0.3) is 10.9 Å². The first kappa shape index (κ1) is 16.6. The van der Waals surface area contributed by atoms with Crippen LogP contribution in [0.3, 0.4) is 0 Å². The highest BCUT2D eigenvalue weighted by molar-refractivity contribution is 5.82. The van der Waals surface area contributed by atoms with Crippen LogP contribution >= 0.6 is 0 Å². The largest absolute Gasteiger partial charge is 0.480 e. The minimum atomic E-state index is -1.12. The molecule has 0 aliphatic rings. The molecule has 0 spiro atoms. The van der Waals surface area contributed by atoms with Crippen LogP contribution in [-0.4, -0.2) is 28.2 Å². The van der Waals surface area contributed by atoms with Crippen molar-refractivity contribution in [1.29, 1.82) is 0 Å². The van der Waals surface area contributed by atoms with Crippen molar-refractivity contribution < 1.29 is 19.4 Å². The summed E-state index contributed by atoms with van der Waals surface area (Å²) >= 11 is 0. The number of hydrogen-bond acceptors (Lipinski definition) is 3. The van der Waals surface area contributed by atoms with E-state index >= 15 is 0 Å². The average molecular weight is 338 g/mol. The van der Waals surface area contributed by atoms with Crippen molar-refractivity contribution in [2.45, 2.75) is 19.1 Å². The molecule has 1 atom stereocenters. The zero-order chi connectivity index (χ0) is 17.6. The monoisotopic (exact) mass is 338 g/mol. The quantitative estimate of drug-likeness (QED) is 0.644. The molecule has 0 saturated heterocycles. The number of carbonyl (C=O) groups is 2. The van der Waals surface area contributed by atoms with Gasteiger partial charge >= 0.3 is 12.1 Å². The van der Waals surface area contributed by atoms with Crippen molar-refractivity contribution in [3.63, 3.8) is 0 Å². The molecule has 128 valence electrons. The van der Waals surface area contributed by atoms with Crippen LogP contribution in [0.4, 0.5) is 4.79 Å². The fourth-order valence-corrected chi connectivity index (χ4v) is 2.57. The molecule has 3 N–H and O–H groups in total. The molecule has 1 amide bonds. The molecular formula is C19H18N2O4. The van der Waals surface area contributed by atoms with Crippen LogP contribution in [0.2, 0.25) is 0 Å². The number of aromatic nitrogens is 1. The Balaban J connectivity index is 1.60. The number of carboxylic acid groups (broad SMARTS) is 1. The molecule has 3 aromatic rings. The Labute approximate surface area is 144 Å². The number of para-hydroxylation sites is 1. The molecule has 0 fully saturated rings. The number of amides is 1. The second-order valence-corrected chi connectivity index (χ2v) is 5.68. The standard InChI is InChI=1S/C19H18N2O4/c22-18(23)17(11-15-10-14-8-4-5-9-16(14)20-15)21-19(24)25-12-13-6-2-1-3-7-13/h1-10,17,20H,11-12H2,(H,21,24)(H,22,23)/t17-/m1/s1. The number of rotatable bonds is 6. The number of ether oxygens (including phenoxy) is 1. The number of carboxylic acids is 1.